The average Bonchev–Trinajstić information content (AvgIpc) is 2.74. The van der Waals surface area contributed by atoms with Crippen molar-refractivity contribution < 1.29 is 4.79 Å². The van der Waals surface area contributed by atoms with Gasteiger partial charge in [0.2, 0.25) is 5.91 Å². The zero-order chi connectivity index (χ0) is 14.3. The van der Waals surface area contributed by atoms with Crippen LogP contribution in [0.1, 0.15) is 24.9 Å². The lowest BCUT2D eigenvalue weighted by atomic mass is 10.1. The van der Waals surface area contributed by atoms with E-state index in [4.69, 9.17) is 5.73 Å². The number of rotatable bonds is 2. The van der Waals surface area contributed by atoms with Gasteiger partial charge in [0.15, 0.2) is 0 Å². The Hall–Kier alpha value is -1.59. The third-order valence-corrected chi connectivity index (χ3v) is 4.53. The number of carbonyl (C=O) groups is 1. The van der Waals surface area contributed by atoms with E-state index in [1.807, 2.05) is 6.07 Å². The number of benzene rings is 1. The maximum Gasteiger partial charge on any atom is 0.245 e. The molecule has 2 atom stereocenters. The average molecular weight is 274 g/mol. The van der Waals surface area contributed by atoms with Crippen molar-refractivity contribution in [1.29, 1.82) is 0 Å². The molecule has 20 heavy (non-hydrogen) atoms. The number of piperazine rings is 1. The number of hydrogen-bond acceptors (Lipinski definition) is 4. The van der Waals surface area contributed by atoms with E-state index in [9.17, 15) is 4.79 Å². The minimum Gasteiger partial charge on any atom is -0.369 e. The zero-order valence-electron chi connectivity index (χ0n) is 12.1. The molecular formula is C15H22N4O. The molecule has 1 aromatic carbocycles. The number of nitrogens with two attached hydrogens (primary N) is 1. The maximum absolute atomic E-state index is 11.6. The van der Waals surface area contributed by atoms with Crippen LogP contribution in [-0.2, 0) is 4.79 Å². The highest BCUT2D eigenvalue weighted by molar-refractivity contribution is 6.02. The van der Waals surface area contributed by atoms with Crippen molar-refractivity contribution in [2.75, 3.05) is 36.9 Å². The van der Waals surface area contributed by atoms with Crippen LogP contribution in [0.15, 0.2) is 18.2 Å². The first-order chi connectivity index (χ1) is 9.60. The molecular weight excluding hydrogens is 252 g/mol. The fourth-order valence-corrected chi connectivity index (χ4v) is 3.09. The Morgan fingerprint density at radius 1 is 1.40 bits per heavy atom. The number of amides is 1. The Labute approximate surface area is 119 Å². The summed E-state index contributed by atoms with van der Waals surface area (Å²) in [4.78, 5) is 16.4. The second-order valence-corrected chi connectivity index (χ2v) is 5.73. The second kappa shape index (κ2) is 5.07. The molecule has 0 saturated carbocycles. The molecule has 1 aromatic rings. The minimum absolute atomic E-state index is 0.109. The molecule has 1 fully saturated rings. The van der Waals surface area contributed by atoms with Crippen LogP contribution in [0.25, 0.3) is 0 Å². The van der Waals surface area contributed by atoms with Crippen molar-refractivity contribution in [1.82, 2.24) is 4.90 Å². The van der Waals surface area contributed by atoms with Crippen molar-refractivity contribution >= 4 is 17.3 Å². The van der Waals surface area contributed by atoms with E-state index >= 15 is 0 Å². The normalized spacial score (nSPS) is 26.6. The largest absolute Gasteiger partial charge is 0.369 e. The number of hydrogen-bond donors (Lipinski definition) is 2. The summed E-state index contributed by atoms with van der Waals surface area (Å²) in [6.07, 6.45) is 1.15. The van der Waals surface area contributed by atoms with E-state index in [2.05, 4.69) is 41.2 Å². The maximum atomic E-state index is 11.6. The fourth-order valence-electron chi connectivity index (χ4n) is 3.09. The molecule has 5 heteroatoms. The number of likely N-dealkylation sites (N-methyl/N-ethyl adjacent to an activating group) is 1. The molecule has 5 nitrogen and oxygen atoms in total. The molecule has 0 bridgehead atoms. The molecule has 0 radical (unpaired) electrons. The molecule has 108 valence electrons. The number of nitrogens with zero attached hydrogens (tertiary/aromatic N) is 2. The molecule has 2 aliphatic rings. The summed E-state index contributed by atoms with van der Waals surface area (Å²) < 4.78 is 0. The van der Waals surface area contributed by atoms with Crippen molar-refractivity contribution in [2.45, 2.75) is 25.4 Å². The predicted molar refractivity (Wildman–Crippen MR) is 80.9 cm³/mol. The summed E-state index contributed by atoms with van der Waals surface area (Å²) in [6, 6.07) is 6.19. The van der Waals surface area contributed by atoms with E-state index in [1.54, 1.807) is 0 Å². The van der Waals surface area contributed by atoms with Gasteiger partial charge in [0, 0.05) is 42.6 Å². The van der Waals surface area contributed by atoms with Gasteiger partial charge in [0.25, 0.3) is 0 Å². The molecule has 0 aromatic heterocycles. The van der Waals surface area contributed by atoms with E-state index in [1.165, 1.54) is 5.69 Å². The molecule has 2 aliphatic heterocycles. The number of anilines is 2. The lowest BCUT2D eigenvalue weighted by Crippen LogP contribution is -2.51. The van der Waals surface area contributed by atoms with Gasteiger partial charge in [-0.3, -0.25) is 9.69 Å². The Bertz CT molecular complexity index is 531. The first-order valence-electron chi connectivity index (χ1n) is 7.25. The third-order valence-electron chi connectivity index (χ3n) is 4.53. The van der Waals surface area contributed by atoms with Gasteiger partial charge < -0.3 is 16.0 Å². The lowest BCUT2D eigenvalue weighted by molar-refractivity contribution is -0.116. The Morgan fingerprint density at radius 3 is 2.95 bits per heavy atom. The number of fused-ring (bicyclic) bond motifs is 1. The van der Waals surface area contributed by atoms with Crippen LogP contribution in [0.4, 0.5) is 11.4 Å². The van der Waals surface area contributed by atoms with Crippen LogP contribution in [0.3, 0.4) is 0 Å². The molecule has 3 N–H and O–H groups in total. The van der Waals surface area contributed by atoms with E-state index in [-0.39, 0.29) is 5.91 Å². The minimum atomic E-state index is -0.519. The Balaban J connectivity index is 1.82. The van der Waals surface area contributed by atoms with Crippen molar-refractivity contribution in [3.8, 4) is 0 Å². The molecule has 1 amide bonds. The highest BCUT2D eigenvalue weighted by Crippen LogP contribution is 2.33. The molecule has 1 saturated heterocycles. The Morgan fingerprint density at radius 2 is 2.20 bits per heavy atom. The fraction of sp³-hybridized carbons (Fsp3) is 0.533. The summed E-state index contributed by atoms with van der Waals surface area (Å²) in [5.74, 6) is -0.109. The first-order valence-corrected chi connectivity index (χ1v) is 7.25. The summed E-state index contributed by atoms with van der Waals surface area (Å²) in [5.41, 5.74) is 8.79. The van der Waals surface area contributed by atoms with Gasteiger partial charge in [-0.05, 0) is 25.6 Å². The van der Waals surface area contributed by atoms with E-state index < -0.39 is 6.04 Å². The highest BCUT2D eigenvalue weighted by Gasteiger charge is 2.29. The van der Waals surface area contributed by atoms with Gasteiger partial charge >= 0.3 is 0 Å². The molecule has 2 heterocycles. The topological polar surface area (TPSA) is 61.6 Å². The standard InChI is InChI=1S/C15H22N4O/c1-3-10-9-19(7-6-18(10)2)11-4-5-12-13(8-11)17-15(20)14(12)16/h4-5,8,10,14H,3,6-7,9,16H2,1-2H3,(H,17,20). The van der Waals surface area contributed by atoms with Gasteiger partial charge in [-0.2, -0.15) is 0 Å². The quantitative estimate of drug-likeness (QED) is 0.850. The predicted octanol–water partition coefficient (Wildman–Crippen LogP) is 1.17. The summed E-state index contributed by atoms with van der Waals surface area (Å²) in [5, 5.41) is 2.86. The van der Waals surface area contributed by atoms with Crippen LogP contribution in [0.5, 0.6) is 0 Å². The number of nitrogens with one attached hydrogen (secondary N) is 1. The molecule has 3 rings (SSSR count). The van der Waals surface area contributed by atoms with E-state index in [0.29, 0.717) is 6.04 Å². The van der Waals surface area contributed by atoms with Gasteiger partial charge in [-0.15, -0.1) is 0 Å². The van der Waals surface area contributed by atoms with Gasteiger partial charge in [0.05, 0.1) is 0 Å². The van der Waals surface area contributed by atoms with Crippen LogP contribution in [0.2, 0.25) is 0 Å². The van der Waals surface area contributed by atoms with E-state index in [0.717, 1.165) is 37.3 Å². The van der Waals surface area contributed by atoms with Crippen LogP contribution >= 0.6 is 0 Å². The third kappa shape index (κ3) is 2.17. The monoisotopic (exact) mass is 274 g/mol. The summed E-state index contributed by atoms with van der Waals surface area (Å²) in [6.45, 7) is 5.35. The smallest absolute Gasteiger partial charge is 0.245 e. The summed E-state index contributed by atoms with van der Waals surface area (Å²) in [7, 11) is 2.19. The van der Waals surface area contributed by atoms with Gasteiger partial charge in [0.1, 0.15) is 6.04 Å². The molecule has 0 spiro atoms. The van der Waals surface area contributed by atoms with Crippen molar-refractivity contribution in [3.63, 3.8) is 0 Å². The Kier molecular flexibility index (Phi) is 3.40. The molecule has 0 aliphatic carbocycles. The van der Waals surface area contributed by atoms with Gasteiger partial charge in [-0.1, -0.05) is 13.0 Å². The van der Waals surface area contributed by atoms with Crippen molar-refractivity contribution in [2.24, 2.45) is 5.73 Å². The summed E-state index contributed by atoms with van der Waals surface area (Å²) >= 11 is 0. The van der Waals surface area contributed by atoms with Gasteiger partial charge in [-0.25, -0.2) is 0 Å². The second-order valence-electron chi connectivity index (χ2n) is 5.73. The lowest BCUT2D eigenvalue weighted by Gasteiger charge is -2.40. The SMILES string of the molecule is CCC1CN(c2ccc3c(c2)NC(=O)C3N)CCN1C. The van der Waals surface area contributed by atoms with Crippen LogP contribution in [0, 0.1) is 0 Å². The molecule has 2 unspecified atom stereocenters. The number of carbonyl (C=O) groups excluding carboxylic acids is 1. The highest BCUT2D eigenvalue weighted by atomic mass is 16.2. The van der Waals surface area contributed by atoms with Crippen molar-refractivity contribution in [3.05, 3.63) is 23.8 Å². The zero-order valence-corrected chi connectivity index (χ0v) is 12.1. The van der Waals surface area contributed by atoms with Crippen LogP contribution in [-0.4, -0.2) is 43.5 Å². The van der Waals surface area contributed by atoms with Crippen LogP contribution < -0.4 is 16.0 Å². The first kappa shape index (κ1) is 13.4.